The predicted molar refractivity (Wildman–Crippen MR) is 130 cm³/mol. The molecule has 1 aromatic heterocycles. The third kappa shape index (κ3) is 4.17. The lowest BCUT2D eigenvalue weighted by molar-refractivity contribution is 0.0989. The molecule has 4 aromatic rings. The zero-order valence-corrected chi connectivity index (χ0v) is 19.8. The second kappa shape index (κ2) is 9.57. The number of anilines is 1. The number of aromatic nitrogens is 1. The maximum Gasteiger partial charge on any atom is 0.272 e. The number of fused-ring (bicyclic) bond motifs is 1. The van der Waals surface area contributed by atoms with Gasteiger partial charge in [-0.15, -0.1) is 0 Å². The van der Waals surface area contributed by atoms with Crippen molar-refractivity contribution in [3.05, 3.63) is 82.1 Å². The van der Waals surface area contributed by atoms with Crippen molar-refractivity contribution in [3.63, 3.8) is 0 Å². The third-order valence-electron chi connectivity index (χ3n) is 5.74. The van der Waals surface area contributed by atoms with Gasteiger partial charge in [0.25, 0.3) is 11.5 Å². The van der Waals surface area contributed by atoms with Crippen LogP contribution in [0.2, 0.25) is 0 Å². The maximum atomic E-state index is 13.8. The van der Waals surface area contributed by atoms with Gasteiger partial charge in [-0.05, 0) is 42.5 Å². The van der Waals surface area contributed by atoms with E-state index >= 15 is 0 Å². The Morgan fingerprint density at radius 2 is 1.47 bits per heavy atom. The van der Waals surface area contributed by atoms with Crippen molar-refractivity contribution < 1.29 is 32.9 Å². The number of halogens is 2. The molecule has 0 atom stereocenters. The first-order chi connectivity index (χ1) is 17.2. The van der Waals surface area contributed by atoms with Crippen molar-refractivity contribution >= 4 is 22.5 Å². The quantitative estimate of drug-likeness (QED) is 0.429. The number of ether oxygens (including phenoxy) is 3. The van der Waals surface area contributed by atoms with E-state index < -0.39 is 34.4 Å². The van der Waals surface area contributed by atoms with Gasteiger partial charge < -0.3 is 24.2 Å². The minimum Gasteiger partial charge on any atom is -0.506 e. The summed E-state index contributed by atoms with van der Waals surface area (Å²) in [7, 11) is 5.56. The molecule has 0 spiro atoms. The van der Waals surface area contributed by atoms with Crippen LogP contribution in [0.1, 0.15) is 10.4 Å². The zero-order chi connectivity index (χ0) is 26.1. The Bertz CT molecular complexity index is 1510. The van der Waals surface area contributed by atoms with Gasteiger partial charge in [0.05, 0.1) is 26.8 Å². The van der Waals surface area contributed by atoms with E-state index in [2.05, 4.69) is 0 Å². The van der Waals surface area contributed by atoms with E-state index in [1.54, 1.807) is 24.3 Å². The summed E-state index contributed by atoms with van der Waals surface area (Å²) in [4.78, 5) is 28.1. The number of amides is 1. The topological polar surface area (TPSA) is 90.2 Å². The number of hydrogen-bond donors (Lipinski definition) is 1. The molecule has 0 aliphatic heterocycles. The summed E-state index contributed by atoms with van der Waals surface area (Å²) >= 11 is 0. The number of nitrogens with zero attached hydrogens (tertiary/aromatic N) is 2. The van der Waals surface area contributed by atoms with E-state index in [-0.39, 0.29) is 28.1 Å². The van der Waals surface area contributed by atoms with Crippen LogP contribution < -0.4 is 24.7 Å². The molecule has 0 aliphatic carbocycles. The van der Waals surface area contributed by atoms with Crippen LogP contribution in [0.5, 0.6) is 23.0 Å². The maximum absolute atomic E-state index is 13.8. The van der Waals surface area contributed by atoms with E-state index in [0.717, 1.165) is 17.0 Å². The number of carbonyl (C=O) groups excluding carboxylic acids is 1. The third-order valence-corrected chi connectivity index (χ3v) is 5.74. The highest BCUT2D eigenvalue weighted by Gasteiger charge is 2.27. The zero-order valence-electron chi connectivity index (χ0n) is 19.8. The summed E-state index contributed by atoms with van der Waals surface area (Å²) in [5.74, 6) is -2.31. The van der Waals surface area contributed by atoms with Crippen molar-refractivity contribution in [2.45, 2.75) is 0 Å². The Kier molecular flexibility index (Phi) is 6.52. The number of carbonyl (C=O) groups is 1. The number of methoxy groups -OCH3 is 3. The average Bonchev–Trinajstić information content (AvgIpc) is 2.87. The van der Waals surface area contributed by atoms with Crippen molar-refractivity contribution in [1.29, 1.82) is 0 Å². The summed E-state index contributed by atoms with van der Waals surface area (Å²) < 4.78 is 44.7. The summed E-state index contributed by atoms with van der Waals surface area (Å²) in [6.07, 6.45) is 0. The van der Waals surface area contributed by atoms with Crippen LogP contribution in [0.15, 0.2) is 59.4 Å². The first kappa shape index (κ1) is 24.5. The molecule has 36 heavy (non-hydrogen) atoms. The first-order valence-corrected chi connectivity index (χ1v) is 10.6. The number of hydrogen-bond acceptors (Lipinski definition) is 6. The van der Waals surface area contributed by atoms with Crippen LogP contribution in [0.3, 0.4) is 0 Å². The molecule has 3 aromatic carbocycles. The van der Waals surface area contributed by atoms with E-state index in [0.29, 0.717) is 17.5 Å². The number of pyridine rings is 1. The second-order valence-electron chi connectivity index (χ2n) is 7.78. The van der Waals surface area contributed by atoms with Gasteiger partial charge >= 0.3 is 0 Å². The average molecular weight is 496 g/mol. The Balaban J connectivity index is 2.03. The van der Waals surface area contributed by atoms with Gasteiger partial charge in [0.1, 0.15) is 28.7 Å². The molecular weight excluding hydrogens is 474 g/mol. The molecule has 8 nitrogen and oxygen atoms in total. The van der Waals surface area contributed by atoms with Gasteiger partial charge in [-0.1, -0.05) is 0 Å². The summed E-state index contributed by atoms with van der Waals surface area (Å²) in [5.41, 5.74) is -0.994. The Morgan fingerprint density at radius 1 is 0.889 bits per heavy atom. The van der Waals surface area contributed by atoms with Gasteiger partial charge in [-0.3, -0.25) is 14.2 Å². The van der Waals surface area contributed by atoms with Gasteiger partial charge in [-0.2, -0.15) is 0 Å². The lowest BCUT2D eigenvalue weighted by Gasteiger charge is -2.21. The molecule has 4 rings (SSSR count). The number of aromatic hydroxyl groups is 1. The standard InChI is InChI=1S/C26H22F2N2O6/c1-29(17-10-14(27)9-15(28)11-17)25(32)23-24(31)19-12-21(35-3)22(36-4)13-20(19)30(26(23)33)16-5-7-18(34-2)8-6-16/h5-13,31H,1-4H3. The molecule has 0 unspecified atom stereocenters. The van der Waals surface area contributed by atoms with Gasteiger partial charge in [0, 0.05) is 35.9 Å². The molecule has 0 radical (unpaired) electrons. The fraction of sp³-hybridized carbons (Fsp3) is 0.154. The molecule has 1 N–H and O–H groups in total. The van der Waals surface area contributed by atoms with Crippen molar-refractivity contribution in [3.8, 4) is 28.7 Å². The molecule has 0 bridgehead atoms. The highest BCUT2D eigenvalue weighted by Crippen LogP contribution is 2.38. The van der Waals surface area contributed by atoms with E-state index in [1.165, 1.54) is 45.1 Å². The van der Waals surface area contributed by atoms with Crippen LogP contribution in [0, 0.1) is 11.6 Å². The monoisotopic (exact) mass is 496 g/mol. The lowest BCUT2D eigenvalue weighted by Crippen LogP contribution is -2.34. The Morgan fingerprint density at radius 3 is 2.03 bits per heavy atom. The second-order valence-corrected chi connectivity index (χ2v) is 7.78. The van der Waals surface area contributed by atoms with Crippen LogP contribution in [0.4, 0.5) is 14.5 Å². The van der Waals surface area contributed by atoms with Crippen LogP contribution in [0.25, 0.3) is 16.6 Å². The first-order valence-electron chi connectivity index (χ1n) is 10.6. The Labute approximate surface area is 204 Å². The fourth-order valence-electron chi connectivity index (χ4n) is 3.90. The number of rotatable bonds is 6. The predicted octanol–water partition coefficient (Wildman–Crippen LogP) is 4.28. The van der Waals surface area contributed by atoms with Crippen molar-refractivity contribution in [2.24, 2.45) is 0 Å². The summed E-state index contributed by atoms with van der Waals surface area (Å²) in [5, 5.41) is 11.2. The SMILES string of the molecule is COc1ccc(-n2c(=O)c(C(=O)N(C)c3cc(F)cc(F)c3)c(O)c3cc(OC)c(OC)cc32)cc1. The molecule has 0 fully saturated rings. The molecule has 186 valence electrons. The van der Waals surface area contributed by atoms with Crippen molar-refractivity contribution in [1.82, 2.24) is 4.57 Å². The van der Waals surface area contributed by atoms with Crippen LogP contribution in [-0.2, 0) is 0 Å². The molecule has 0 saturated heterocycles. The van der Waals surface area contributed by atoms with E-state index in [1.807, 2.05) is 0 Å². The van der Waals surface area contributed by atoms with E-state index in [4.69, 9.17) is 14.2 Å². The largest absolute Gasteiger partial charge is 0.506 e. The molecule has 0 aliphatic rings. The summed E-state index contributed by atoms with van der Waals surface area (Å²) in [6, 6.07) is 11.9. The molecule has 0 saturated carbocycles. The van der Waals surface area contributed by atoms with E-state index in [9.17, 15) is 23.5 Å². The lowest BCUT2D eigenvalue weighted by atomic mass is 10.1. The minimum atomic E-state index is -0.971. The molecular formula is C26H22F2N2O6. The molecule has 1 heterocycles. The van der Waals surface area contributed by atoms with Gasteiger partial charge in [0.15, 0.2) is 11.5 Å². The van der Waals surface area contributed by atoms with Gasteiger partial charge in [-0.25, -0.2) is 8.78 Å². The highest BCUT2D eigenvalue weighted by molar-refractivity contribution is 6.10. The smallest absolute Gasteiger partial charge is 0.272 e. The number of benzene rings is 3. The fourth-order valence-corrected chi connectivity index (χ4v) is 3.90. The highest BCUT2D eigenvalue weighted by atomic mass is 19.1. The molecule has 1 amide bonds. The van der Waals surface area contributed by atoms with Crippen LogP contribution in [-0.4, -0.2) is 44.0 Å². The van der Waals surface area contributed by atoms with Crippen molar-refractivity contribution in [2.75, 3.05) is 33.3 Å². The minimum absolute atomic E-state index is 0.116. The van der Waals surface area contributed by atoms with Crippen LogP contribution >= 0.6 is 0 Å². The molecule has 10 heteroatoms. The van der Waals surface area contributed by atoms with Gasteiger partial charge in [0.2, 0.25) is 0 Å². The Hall–Kier alpha value is -4.60. The normalized spacial score (nSPS) is 10.8. The summed E-state index contributed by atoms with van der Waals surface area (Å²) in [6.45, 7) is 0.